The van der Waals surface area contributed by atoms with Crippen LogP contribution in [0.3, 0.4) is 0 Å². The number of halogens is 2. The van der Waals surface area contributed by atoms with Gasteiger partial charge in [0.1, 0.15) is 18.1 Å². The molecule has 7 heteroatoms. The molecule has 0 aliphatic carbocycles. The third kappa shape index (κ3) is 4.81. The second-order valence-electron chi connectivity index (χ2n) is 9.46. The van der Waals surface area contributed by atoms with Crippen LogP contribution in [-0.4, -0.2) is 25.4 Å². The van der Waals surface area contributed by atoms with Gasteiger partial charge in [0.2, 0.25) is 0 Å². The molecule has 0 atom stereocenters. The van der Waals surface area contributed by atoms with Gasteiger partial charge in [-0.05, 0) is 63.0 Å². The first kappa shape index (κ1) is 24.2. The lowest BCUT2D eigenvalue weighted by atomic mass is 9.77. The van der Waals surface area contributed by atoms with Crippen LogP contribution in [0.15, 0.2) is 72.8 Å². The molecule has 0 N–H and O–H groups in total. The van der Waals surface area contributed by atoms with E-state index in [-0.39, 0.29) is 17.7 Å². The number of hydrogen-bond acceptors (Lipinski definition) is 4. The Morgan fingerprint density at radius 1 is 0.794 bits per heavy atom. The Morgan fingerprint density at radius 3 is 2.00 bits per heavy atom. The molecule has 0 bridgehead atoms. The van der Waals surface area contributed by atoms with Crippen molar-refractivity contribution in [3.63, 3.8) is 0 Å². The SMILES string of the molecule is COc1ccc(COc2cc(B3OC(C)(C)C(C)(C)O3)cc(C(F)(F)c3ccccc3)c2)cc1. The summed E-state index contributed by atoms with van der Waals surface area (Å²) in [6.45, 7) is 7.92. The molecule has 178 valence electrons. The molecule has 1 heterocycles. The van der Waals surface area contributed by atoms with Crippen LogP contribution < -0.4 is 14.9 Å². The summed E-state index contributed by atoms with van der Waals surface area (Å²) in [6.07, 6.45) is 0. The van der Waals surface area contributed by atoms with E-state index in [0.717, 1.165) is 11.3 Å². The van der Waals surface area contributed by atoms with Crippen molar-refractivity contribution < 1.29 is 27.6 Å². The monoisotopic (exact) mass is 466 g/mol. The van der Waals surface area contributed by atoms with Gasteiger partial charge >= 0.3 is 7.12 Å². The minimum Gasteiger partial charge on any atom is -0.497 e. The lowest BCUT2D eigenvalue weighted by molar-refractivity contribution is 0.00578. The summed E-state index contributed by atoms with van der Waals surface area (Å²) in [4.78, 5) is 0. The zero-order chi connectivity index (χ0) is 24.6. The minimum atomic E-state index is -3.22. The number of hydrogen-bond donors (Lipinski definition) is 0. The molecule has 1 fully saturated rings. The Kier molecular flexibility index (Phi) is 6.45. The van der Waals surface area contributed by atoms with Gasteiger partial charge in [-0.2, -0.15) is 8.78 Å². The van der Waals surface area contributed by atoms with E-state index in [1.165, 1.54) is 24.3 Å². The van der Waals surface area contributed by atoms with Crippen LogP contribution in [0.2, 0.25) is 0 Å². The molecule has 0 spiro atoms. The molecule has 34 heavy (non-hydrogen) atoms. The minimum absolute atomic E-state index is 0.0952. The van der Waals surface area contributed by atoms with Crippen molar-refractivity contribution in [2.45, 2.75) is 51.4 Å². The molecule has 1 aliphatic rings. The molecule has 0 aromatic heterocycles. The summed E-state index contributed by atoms with van der Waals surface area (Å²) in [5.41, 5.74) is -0.105. The molecule has 0 saturated carbocycles. The molecule has 0 radical (unpaired) electrons. The highest BCUT2D eigenvalue weighted by atomic mass is 19.3. The number of ether oxygens (including phenoxy) is 2. The van der Waals surface area contributed by atoms with Crippen LogP contribution in [0.5, 0.6) is 11.5 Å². The number of benzene rings is 3. The Hall–Kier alpha value is -2.90. The highest BCUT2D eigenvalue weighted by Gasteiger charge is 2.52. The van der Waals surface area contributed by atoms with Gasteiger partial charge in [0.25, 0.3) is 5.92 Å². The lowest BCUT2D eigenvalue weighted by Gasteiger charge is -2.32. The summed E-state index contributed by atoms with van der Waals surface area (Å²) in [5, 5.41) is 0. The fourth-order valence-corrected chi connectivity index (χ4v) is 3.70. The van der Waals surface area contributed by atoms with E-state index in [0.29, 0.717) is 11.2 Å². The third-order valence-corrected chi connectivity index (χ3v) is 6.52. The van der Waals surface area contributed by atoms with E-state index < -0.39 is 24.2 Å². The van der Waals surface area contributed by atoms with Crippen LogP contribution >= 0.6 is 0 Å². The van der Waals surface area contributed by atoms with Crippen molar-refractivity contribution in [1.29, 1.82) is 0 Å². The van der Waals surface area contributed by atoms with Gasteiger partial charge < -0.3 is 18.8 Å². The summed E-state index contributed by atoms with van der Waals surface area (Å²) in [5.74, 6) is -2.18. The van der Waals surface area contributed by atoms with Gasteiger partial charge in [-0.3, -0.25) is 0 Å². The molecular weight excluding hydrogens is 437 g/mol. The molecule has 1 aliphatic heterocycles. The van der Waals surface area contributed by atoms with Crippen molar-refractivity contribution in [2.24, 2.45) is 0 Å². The average Bonchev–Trinajstić information content (AvgIpc) is 3.05. The zero-order valence-corrected chi connectivity index (χ0v) is 20.1. The summed E-state index contributed by atoms with van der Waals surface area (Å²) >= 11 is 0. The van der Waals surface area contributed by atoms with Crippen LogP contribution in [0, 0.1) is 0 Å². The normalized spacial score (nSPS) is 17.0. The van der Waals surface area contributed by atoms with E-state index >= 15 is 8.78 Å². The first-order chi connectivity index (χ1) is 16.0. The van der Waals surface area contributed by atoms with Crippen molar-refractivity contribution >= 4 is 12.6 Å². The summed E-state index contributed by atoms with van der Waals surface area (Å²) < 4.78 is 54.5. The molecule has 3 aromatic rings. The maximum absolute atomic E-state index is 15.5. The fourth-order valence-electron chi connectivity index (χ4n) is 3.70. The summed E-state index contributed by atoms with van der Waals surface area (Å²) in [7, 11) is 0.807. The van der Waals surface area contributed by atoms with Crippen molar-refractivity contribution in [1.82, 2.24) is 0 Å². The lowest BCUT2D eigenvalue weighted by Crippen LogP contribution is -2.41. The van der Waals surface area contributed by atoms with Crippen molar-refractivity contribution in [2.75, 3.05) is 7.11 Å². The van der Waals surface area contributed by atoms with E-state index in [2.05, 4.69) is 0 Å². The van der Waals surface area contributed by atoms with Gasteiger partial charge in [-0.1, -0.05) is 48.5 Å². The summed E-state index contributed by atoms with van der Waals surface area (Å²) in [6, 6.07) is 19.7. The number of methoxy groups -OCH3 is 1. The smallest absolute Gasteiger partial charge is 0.494 e. The average molecular weight is 466 g/mol. The first-order valence-electron chi connectivity index (χ1n) is 11.2. The van der Waals surface area contributed by atoms with E-state index in [4.69, 9.17) is 18.8 Å². The van der Waals surface area contributed by atoms with Gasteiger partial charge in [-0.25, -0.2) is 0 Å². The van der Waals surface area contributed by atoms with E-state index in [1.54, 1.807) is 31.4 Å². The first-order valence-corrected chi connectivity index (χ1v) is 11.2. The molecule has 4 rings (SSSR count). The predicted octanol–water partition coefficient (Wildman–Crippen LogP) is 5.71. The van der Waals surface area contributed by atoms with Crippen molar-refractivity contribution in [3.05, 3.63) is 89.5 Å². The predicted molar refractivity (Wildman–Crippen MR) is 129 cm³/mol. The maximum atomic E-state index is 15.5. The Balaban J connectivity index is 1.69. The van der Waals surface area contributed by atoms with Gasteiger partial charge in [-0.15, -0.1) is 0 Å². The van der Waals surface area contributed by atoms with Crippen molar-refractivity contribution in [3.8, 4) is 11.5 Å². The van der Waals surface area contributed by atoms with Crippen LogP contribution in [0.1, 0.15) is 44.4 Å². The quantitative estimate of drug-likeness (QED) is 0.418. The van der Waals surface area contributed by atoms with Gasteiger partial charge in [0.15, 0.2) is 0 Å². The number of alkyl halides is 2. The molecule has 1 saturated heterocycles. The topological polar surface area (TPSA) is 36.9 Å². The van der Waals surface area contributed by atoms with Crippen LogP contribution in [-0.2, 0) is 21.8 Å². The molecule has 3 aromatic carbocycles. The highest BCUT2D eigenvalue weighted by Crippen LogP contribution is 2.39. The van der Waals surface area contributed by atoms with Gasteiger partial charge in [0.05, 0.1) is 18.3 Å². The maximum Gasteiger partial charge on any atom is 0.494 e. The van der Waals surface area contributed by atoms with Gasteiger partial charge in [0, 0.05) is 11.1 Å². The third-order valence-electron chi connectivity index (χ3n) is 6.52. The molecular formula is C27H29BF2O4. The fraction of sp³-hybridized carbons (Fsp3) is 0.333. The van der Waals surface area contributed by atoms with E-state index in [9.17, 15) is 0 Å². The standard InChI is InChI=1S/C27H29BF2O4/c1-25(2)26(3,4)34-28(33-25)22-15-21(27(29,30)20-9-7-6-8-10-20)16-24(17-22)32-18-19-11-13-23(31-5)14-12-19/h6-17H,18H2,1-5H3. The second-order valence-corrected chi connectivity index (χ2v) is 9.46. The molecule has 4 nitrogen and oxygen atoms in total. The van der Waals surface area contributed by atoms with Crippen LogP contribution in [0.25, 0.3) is 0 Å². The Morgan fingerprint density at radius 2 is 1.41 bits per heavy atom. The number of rotatable bonds is 7. The Labute approximate surface area is 200 Å². The Bertz CT molecular complexity index is 1120. The second kappa shape index (κ2) is 9.04. The molecule has 0 unspecified atom stereocenters. The largest absolute Gasteiger partial charge is 0.497 e. The zero-order valence-electron chi connectivity index (χ0n) is 20.1. The van der Waals surface area contributed by atoms with Crippen LogP contribution in [0.4, 0.5) is 8.78 Å². The highest BCUT2D eigenvalue weighted by molar-refractivity contribution is 6.62. The van der Waals surface area contributed by atoms with E-state index in [1.807, 2.05) is 52.0 Å². The molecule has 0 amide bonds.